The lowest BCUT2D eigenvalue weighted by Crippen LogP contribution is -2.58. The highest BCUT2D eigenvalue weighted by Crippen LogP contribution is 2.66. The van der Waals surface area contributed by atoms with E-state index in [0.717, 1.165) is 19.3 Å². The van der Waals surface area contributed by atoms with Gasteiger partial charge >= 0.3 is 5.97 Å². The Labute approximate surface area is 88.6 Å². The summed E-state index contributed by atoms with van der Waals surface area (Å²) in [6.45, 7) is 0. The first-order chi connectivity index (χ1) is 7.15. The fourth-order valence-electron chi connectivity index (χ4n) is 4.78. The van der Waals surface area contributed by atoms with Gasteiger partial charge in [-0.1, -0.05) is 0 Å². The van der Waals surface area contributed by atoms with E-state index in [0.29, 0.717) is 17.8 Å². The van der Waals surface area contributed by atoms with Crippen molar-refractivity contribution in [2.75, 3.05) is 0 Å². The molecule has 0 aromatic rings. The highest BCUT2D eigenvalue weighted by molar-refractivity contribution is 5.87. The molecule has 4 saturated carbocycles. The van der Waals surface area contributed by atoms with Gasteiger partial charge in [-0.15, -0.1) is 0 Å². The van der Waals surface area contributed by atoms with Crippen molar-refractivity contribution in [2.45, 2.75) is 37.6 Å². The summed E-state index contributed by atoms with van der Waals surface area (Å²) in [4.78, 5) is 15.9. The Hall–Kier alpha value is -0.860. The van der Waals surface area contributed by atoms with Gasteiger partial charge in [0.2, 0.25) is 0 Å². The molecule has 4 fully saturated rings. The van der Waals surface area contributed by atoms with Gasteiger partial charge in [0.15, 0.2) is 0 Å². The van der Waals surface area contributed by atoms with Crippen LogP contribution in [0.5, 0.6) is 0 Å². The smallest absolute Gasteiger partial charge is 0.309 e. The summed E-state index contributed by atoms with van der Waals surface area (Å²) in [6, 6.07) is 0. The molecule has 0 amide bonds. The Morgan fingerprint density at radius 1 is 1.27 bits per heavy atom. The van der Waals surface area contributed by atoms with Gasteiger partial charge in [0.1, 0.15) is 5.54 Å². The fourth-order valence-corrected chi connectivity index (χ4v) is 4.78. The molecule has 4 aliphatic carbocycles. The summed E-state index contributed by atoms with van der Waals surface area (Å²) in [5.41, 5.74) is -0.219. The highest BCUT2D eigenvalue weighted by Gasteiger charge is 2.67. The Morgan fingerprint density at radius 2 is 1.87 bits per heavy atom. The van der Waals surface area contributed by atoms with Crippen molar-refractivity contribution < 1.29 is 9.90 Å². The average molecular weight is 205 g/mol. The zero-order valence-corrected chi connectivity index (χ0v) is 8.65. The van der Waals surface area contributed by atoms with Gasteiger partial charge in [-0.05, 0) is 49.9 Å². The number of carbonyl (C=O) groups is 1. The molecule has 2 atom stereocenters. The number of hydrogen-bond acceptors (Lipinski definition) is 2. The third-order valence-electron chi connectivity index (χ3n) is 5.38. The lowest BCUT2D eigenvalue weighted by Gasteiger charge is -2.58. The van der Waals surface area contributed by atoms with Gasteiger partial charge in [0.25, 0.3) is 0 Å². The number of hydrogen-bond donors (Lipinski definition) is 1. The predicted molar refractivity (Wildman–Crippen MR) is 54.8 cm³/mol. The number of aliphatic carboxylic acids is 1. The number of nitrogens with zero attached hydrogens (tertiary/aromatic N) is 1. The Morgan fingerprint density at radius 3 is 2.33 bits per heavy atom. The summed E-state index contributed by atoms with van der Waals surface area (Å²) < 4.78 is 0. The molecule has 1 aliphatic heterocycles. The summed E-state index contributed by atoms with van der Waals surface area (Å²) in [6.07, 6.45) is 7.27. The zero-order chi connectivity index (χ0) is 10.3. The van der Waals surface area contributed by atoms with Crippen LogP contribution in [0, 0.1) is 23.2 Å². The van der Waals surface area contributed by atoms with Crippen molar-refractivity contribution >= 4 is 12.2 Å². The maximum absolute atomic E-state index is 11.4. The minimum absolute atomic E-state index is 0.149. The second kappa shape index (κ2) is 2.13. The SMILES string of the molecule is O=C(O)C12CC3CC(C1)C1(C=N1)C(C3)C2. The summed E-state index contributed by atoms with van der Waals surface area (Å²) in [5.74, 6) is 1.24. The van der Waals surface area contributed by atoms with Crippen LogP contribution in [0.4, 0.5) is 0 Å². The Bertz CT molecular complexity index is 363. The zero-order valence-electron chi connectivity index (χ0n) is 8.65. The Kier molecular flexibility index (Phi) is 1.18. The van der Waals surface area contributed by atoms with Crippen LogP contribution in [-0.2, 0) is 4.79 Å². The molecule has 4 bridgehead atoms. The molecule has 1 spiro atoms. The third-order valence-corrected chi connectivity index (χ3v) is 5.38. The highest BCUT2D eigenvalue weighted by atomic mass is 16.4. The average Bonchev–Trinajstić information content (AvgIpc) is 2.94. The van der Waals surface area contributed by atoms with E-state index in [2.05, 4.69) is 11.2 Å². The first-order valence-corrected chi connectivity index (χ1v) is 5.94. The molecule has 15 heavy (non-hydrogen) atoms. The second-order valence-electron chi connectivity index (χ2n) is 6.07. The lowest BCUT2D eigenvalue weighted by atomic mass is 9.45. The summed E-state index contributed by atoms with van der Waals surface area (Å²) in [5, 5.41) is 9.43. The van der Waals surface area contributed by atoms with Crippen LogP contribution >= 0.6 is 0 Å². The maximum Gasteiger partial charge on any atom is 0.309 e. The molecule has 3 heteroatoms. The van der Waals surface area contributed by atoms with Crippen molar-refractivity contribution in [3.05, 3.63) is 0 Å². The molecule has 1 N–H and O–H groups in total. The standard InChI is InChI=1S/C12H15NO2/c14-10(15)11-3-7-1-8(4-11)12(6-13-12)9(2-7)5-11/h6-9H,1-5H2,(H,14,15). The topological polar surface area (TPSA) is 49.7 Å². The maximum atomic E-state index is 11.4. The lowest BCUT2D eigenvalue weighted by molar-refractivity contribution is -0.167. The quantitative estimate of drug-likeness (QED) is 0.708. The monoisotopic (exact) mass is 205 g/mol. The minimum atomic E-state index is -0.544. The van der Waals surface area contributed by atoms with E-state index >= 15 is 0 Å². The van der Waals surface area contributed by atoms with Crippen LogP contribution in [-0.4, -0.2) is 22.8 Å². The van der Waals surface area contributed by atoms with Crippen molar-refractivity contribution in [1.29, 1.82) is 0 Å². The van der Waals surface area contributed by atoms with Crippen LogP contribution < -0.4 is 0 Å². The molecule has 5 aliphatic rings. The number of carboxylic acids is 1. The van der Waals surface area contributed by atoms with Crippen LogP contribution in [0.15, 0.2) is 4.99 Å². The fraction of sp³-hybridized carbons (Fsp3) is 0.833. The normalized spacial score (nSPS) is 58.8. The van der Waals surface area contributed by atoms with Crippen LogP contribution in [0.1, 0.15) is 32.1 Å². The first kappa shape index (κ1) is 8.31. The van der Waals surface area contributed by atoms with Gasteiger partial charge in [0, 0.05) is 6.21 Å². The number of aliphatic imine (C=N–C) groups is 1. The molecule has 0 radical (unpaired) electrons. The van der Waals surface area contributed by atoms with E-state index in [4.69, 9.17) is 0 Å². The molecule has 5 rings (SSSR count). The molecule has 2 unspecified atom stereocenters. The van der Waals surface area contributed by atoms with Crippen molar-refractivity contribution in [1.82, 2.24) is 0 Å². The van der Waals surface area contributed by atoms with Gasteiger partial charge in [-0.2, -0.15) is 0 Å². The first-order valence-electron chi connectivity index (χ1n) is 5.94. The molecule has 0 aromatic carbocycles. The van der Waals surface area contributed by atoms with Crippen molar-refractivity contribution in [2.24, 2.45) is 28.2 Å². The molecule has 3 nitrogen and oxygen atoms in total. The van der Waals surface area contributed by atoms with Gasteiger partial charge in [-0.25, -0.2) is 0 Å². The summed E-state index contributed by atoms with van der Waals surface area (Å²) in [7, 11) is 0. The van der Waals surface area contributed by atoms with E-state index in [1.807, 2.05) is 0 Å². The third kappa shape index (κ3) is 0.800. The van der Waals surface area contributed by atoms with Crippen LogP contribution in [0.2, 0.25) is 0 Å². The van der Waals surface area contributed by atoms with E-state index in [1.165, 1.54) is 12.8 Å². The van der Waals surface area contributed by atoms with Crippen molar-refractivity contribution in [3.63, 3.8) is 0 Å². The Balaban J connectivity index is 1.77. The van der Waals surface area contributed by atoms with E-state index in [9.17, 15) is 9.90 Å². The number of rotatable bonds is 1. The van der Waals surface area contributed by atoms with E-state index in [1.54, 1.807) is 0 Å². The van der Waals surface area contributed by atoms with E-state index in [-0.39, 0.29) is 11.0 Å². The second-order valence-corrected chi connectivity index (χ2v) is 6.07. The van der Waals surface area contributed by atoms with Gasteiger partial charge in [0.05, 0.1) is 5.41 Å². The minimum Gasteiger partial charge on any atom is -0.481 e. The molecular formula is C12H15NO2. The largest absolute Gasteiger partial charge is 0.481 e. The van der Waals surface area contributed by atoms with Gasteiger partial charge < -0.3 is 5.11 Å². The van der Waals surface area contributed by atoms with Gasteiger partial charge in [-0.3, -0.25) is 9.79 Å². The molecular weight excluding hydrogens is 190 g/mol. The molecule has 0 saturated heterocycles. The van der Waals surface area contributed by atoms with Crippen molar-refractivity contribution in [3.8, 4) is 0 Å². The molecule has 0 aromatic heterocycles. The van der Waals surface area contributed by atoms with Crippen LogP contribution in [0.25, 0.3) is 0 Å². The predicted octanol–water partition coefficient (Wildman–Crippen LogP) is 1.72. The molecule has 80 valence electrons. The molecule has 1 heterocycles. The summed E-state index contributed by atoms with van der Waals surface area (Å²) >= 11 is 0. The number of carboxylic acid groups (broad SMARTS) is 1. The van der Waals surface area contributed by atoms with E-state index < -0.39 is 5.97 Å². The van der Waals surface area contributed by atoms with Crippen LogP contribution in [0.3, 0.4) is 0 Å².